The largest absolute Gasteiger partial charge is 0.307 e. The predicted octanol–water partition coefficient (Wildman–Crippen LogP) is 2.07. The number of pyridine rings is 1. The first kappa shape index (κ1) is 14.7. The van der Waals surface area contributed by atoms with Crippen LogP contribution in [0.2, 0.25) is 0 Å². The van der Waals surface area contributed by atoms with Crippen LogP contribution in [-0.2, 0) is 10.0 Å². The monoisotopic (exact) mass is 360 g/mol. The molecule has 0 saturated carbocycles. The van der Waals surface area contributed by atoms with Crippen LogP contribution in [0.1, 0.15) is 0 Å². The molecular formula is C11H10BrFN4O2S. The molecule has 1 heterocycles. The van der Waals surface area contributed by atoms with Crippen LogP contribution in [-0.4, -0.2) is 13.4 Å². The Kier molecular flexibility index (Phi) is 4.21. The summed E-state index contributed by atoms with van der Waals surface area (Å²) in [7, 11) is -3.95. The zero-order valence-corrected chi connectivity index (χ0v) is 12.4. The fourth-order valence-corrected chi connectivity index (χ4v) is 3.16. The average molecular weight is 361 g/mol. The van der Waals surface area contributed by atoms with Gasteiger partial charge in [-0.3, -0.25) is 4.72 Å². The Morgan fingerprint density at radius 3 is 2.75 bits per heavy atom. The molecule has 4 N–H and O–H groups in total. The Balaban J connectivity index is 2.43. The zero-order valence-electron chi connectivity index (χ0n) is 9.97. The highest BCUT2D eigenvalue weighted by molar-refractivity contribution is 9.10. The second-order valence-corrected chi connectivity index (χ2v) is 6.23. The van der Waals surface area contributed by atoms with E-state index in [0.717, 1.165) is 6.07 Å². The third kappa shape index (κ3) is 3.06. The minimum atomic E-state index is -3.95. The first-order valence-corrected chi connectivity index (χ1v) is 7.61. The number of aromatic nitrogens is 1. The van der Waals surface area contributed by atoms with Gasteiger partial charge in [0.2, 0.25) is 0 Å². The number of hydrazine groups is 1. The number of hydrogen-bond acceptors (Lipinski definition) is 5. The van der Waals surface area contributed by atoms with Gasteiger partial charge < -0.3 is 5.43 Å². The van der Waals surface area contributed by atoms with Gasteiger partial charge in [-0.1, -0.05) is 0 Å². The van der Waals surface area contributed by atoms with Gasteiger partial charge in [-0.15, -0.1) is 0 Å². The van der Waals surface area contributed by atoms with Gasteiger partial charge in [0.05, 0.1) is 5.69 Å². The molecule has 1 aromatic heterocycles. The van der Waals surface area contributed by atoms with Gasteiger partial charge in [0.25, 0.3) is 10.0 Å². The highest BCUT2D eigenvalue weighted by atomic mass is 79.9. The molecule has 0 bridgehead atoms. The smallest absolute Gasteiger partial charge is 0.265 e. The molecule has 106 valence electrons. The van der Waals surface area contributed by atoms with Gasteiger partial charge in [-0.05, 0) is 46.3 Å². The second-order valence-electron chi connectivity index (χ2n) is 3.72. The van der Waals surface area contributed by atoms with Crippen molar-refractivity contribution in [1.82, 2.24) is 4.98 Å². The Morgan fingerprint density at radius 2 is 2.05 bits per heavy atom. The lowest BCUT2D eigenvalue weighted by Gasteiger charge is -2.12. The van der Waals surface area contributed by atoms with Gasteiger partial charge in [0.15, 0.2) is 5.82 Å². The molecule has 1 aromatic carbocycles. The minimum absolute atomic E-state index is 0.00692. The Hall–Kier alpha value is -1.71. The van der Waals surface area contributed by atoms with Gasteiger partial charge in [-0.25, -0.2) is 23.6 Å². The topological polar surface area (TPSA) is 97.1 Å². The van der Waals surface area contributed by atoms with Crippen molar-refractivity contribution in [2.75, 3.05) is 10.1 Å². The summed E-state index contributed by atoms with van der Waals surface area (Å²) in [6.45, 7) is 0. The molecule has 2 aromatic rings. The molecule has 0 saturated heterocycles. The number of hydrogen-bond donors (Lipinski definition) is 3. The molecule has 0 aliphatic heterocycles. The quantitative estimate of drug-likeness (QED) is 0.572. The maximum absolute atomic E-state index is 13.2. The van der Waals surface area contributed by atoms with E-state index in [1.54, 1.807) is 0 Å². The molecule has 2 rings (SSSR count). The predicted molar refractivity (Wildman–Crippen MR) is 77.0 cm³/mol. The van der Waals surface area contributed by atoms with Crippen molar-refractivity contribution in [2.24, 2.45) is 5.84 Å². The molecule has 0 atom stereocenters. The SMILES string of the molecule is NNc1ncccc1S(=O)(=O)Nc1cc(F)ccc1Br. The first-order chi connectivity index (χ1) is 9.44. The van der Waals surface area contributed by atoms with Gasteiger partial charge in [-0.2, -0.15) is 0 Å². The fourth-order valence-electron chi connectivity index (χ4n) is 1.49. The van der Waals surface area contributed by atoms with E-state index in [1.807, 2.05) is 0 Å². The van der Waals surface area contributed by atoms with Gasteiger partial charge >= 0.3 is 0 Å². The van der Waals surface area contributed by atoms with E-state index in [9.17, 15) is 12.8 Å². The molecule has 0 aliphatic rings. The molecule has 0 fully saturated rings. The van der Waals surface area contributed by atoms with Crippen molar-refractivity contribution in [3.05, 3.63) is 46.8 Å². The number of nitrogen functional groups attached to an aromatic ring is 1. The second kappa shape index (κ2) is 5.73. The van der Waals surface area contributed by atoms with Crippen molar-refractivity contribution in [3.63, 3.8) is 0 Å². The Morgan fingerprint density at radius 1 is 1.30 bits per heavy atom. The summed E-state index contributed by atoms with van der Waals surface area (Å²) >= 11 is 3.14. The summed E-state index contributed by atoms with van der Waals surface area (Å²) in [4.78, 5) is 3.66. The molecule has 0 amide bonds. The molecule has 20 heavy (non-hydrogen) atoms. The third-order valence-corrected chi connectivity index (χ3v) is 4.46. The average Bonchev–Trinajstić information content (AvgIpc) is 2.42. The van der Waals surface area contributed by atoms with E-state index < -0.39 is 15.8 Å². The van der Waals surface area contributed by atoms with Crippen LogP contribution in [0.3, 0.4) is 0 Å². The minimum Gasteiger partial charge on any atom is -0.307 e. The van der Waals surface area contributed by atoms with Crippen LogP contribution in [0, 0.1) is 5.82 Å². The molecule has 0 aliphatic carbocycles. The normalized spacial score (nSPS) is 11.2. The summed E-state index contributed by atoms with van der Waals surface area (Å²) in [5.74, 6) is 4.65. The maximum Gasteiger partial charge on any atom is 0.265 e. The summed E-state index contributed by atoms with van der Waals surface area (Å²) in [5.41, 5.74) is 2.28. The molecule has 0 radical (unpaired) electrons. The van der Waals surface area contributed by atoms with E-state index in [4.69, 9.17) is 5.84 Å². The number of nitrogens with one attached hydrogen (secondary N) is 2. The number of anilines is 2. The van der Waals surface area contributed by atoms with Crippen LogP contribution < -0.4 is 16.0 Å². The summed E-state index contributed by atoms with van der Waals surface area (Å²) in [5, 5.41) is 0. The number of benzene rings is 1. The van der Waals surface area contributed by atoms with Crippen molar-refractivity contribution < 1.29 is 12.8 Å². The van der Waals surface area contributed by atoms with Crippen molar-refractivity contribution >= 4 is 37.5 Å². The first-order valence-electron chi connectivity index (χ1n) is 5.33. The number of halogens is 2. The highest BCUT2D eigenvalue weighted by Crippen LogP contribution is 2.27. The van der Waals surface area contributed by atoms with E-state index in [2.05, 4.69) is 31.1 Å². The lowest BCUT2D eigenvalue weighted by molar-refractivity contribution is 0.601. The fraction of sp³-hybridized carbons (Fsp3) is 0. The molecular weight excluding hydrogens is 351 g/mol. The van der Waals surface area contributed by atoms with Gasteiger partial charge in [0.1, 0.15) is 10.7 Å². The maximum atomic E-state index is 13.2. The zero-order chi connectivity index (χ0) is 14.8. The Bertz CT molecular complexity index is 739. The Labute approximate surface area is 123 Å². The number of sulfonamides is 1. The molecule has 6 nitrogen and oxygen atoms in total. The highest BCUT2D eigenvalue weighted by Gasteiger charge is 2.20. The van der Waals surface area contributed by atoms with Crippen molar-refractivity contribution in [1.29, 1.82) is 0 Å². The summed E-state index contributed by atoms with van der Waals surface area (Å²) < 4.78 is 40.4. The third-order valence-electron chi connectivity index (χ3n) is 2.37. The number of nitrogens with zero attached hydrogens (tertiary/aromatic N) is 1. The van der Waals surface area contributed by atoms with Gasteiger partial charge in [0, 0.05) is 10.7 Å². The number of rotatable bonds is 4. The van der Waals surface area contributed by atoms with E-state index >= 15 is 0 Å². The van der Waals surface area contributed by atoms with Crippen molar-refractivity contribution in [3.8, 4) is 0 Å². The molecule has 9 heteroatoms. The van der Waals surface area contributed by atoms with Crippen LogP contribution in [0.25, 0.3) is 0 Å². The molecule has 0 spiro atoms. The standard InChI is InChI=1S/C11H10BrFN4O2S/c12-8-4-3-7(13)6-9(8)17-20(18,19)10-2-1-5-15-11(10)16-14/h1-6,17H,14H2,(H,15,16). The van der Waals surface area contributed by atoms with Crippen molar-refractivity contribution in [2.45, 2.75) is 4.90 Å². The van der Waals surface area contributed by atoms with Crippen LogP contribution in [0.15, 0.2) is 45.9 Å². The van der Waals surface area contributed by atoms with E-state index in [-0.39, 0.29) is 16.4 Å². The van der Waals surface area contributed by atoms with Crippen LogP contribution in [0.4, 0.5) is 15.9 Å². The van der Waals surface area contributed by atoms with Crippen LogP contribution >= 0.6 is 15.9 Å². The summed E-state index contributed by atoms with van der Waals surface area (Å²) in [6, 6.07) is 6.46. The van der Waals surface area contributed by atoms with Crippen LogP contribution in [0.5, 0.6) is 0 Å². The van der Waals surface area contributed by atoms with E-state index in [1.165, 1.54) is 30.5 Å². The lowest BCUT2D eigenvalue weighted by Crippen LogP contribution is -2.18. The number of nitrogens with two attached hydrogens (primary N) is 1. The summed E-state index contributed by atoms with van der Waals surface area (Å²) in [6.07, 6.45) is 1.40. The lowest BCUT2D eigenvalue weighted by atomic mass is 10.3. The molecule has 0 unspecified atom stereocenters. The van der Waals surface area contributed by atoms with E-state index in [0.29, 0.717) is 4.47 Å².